The lowest BCUT2D eigenvalue weighted by molar-refractivity contribution is 0.354. The van der Waals surface area contributed by atoms with Gasteiger partial charge < -0.3 is 25.4 Å². The Morgan fingerprint density at radius 2 is 1.89 bits per heavy atom. The second kappa shape index (κ2) is 11.5. The highest BCUT2D eigenvalue weighted by Crippen LogP contribution is 2.27. The number of nitrogens with zero attached hydrogens (tertiary/aromatic N) is 3. The van der Waals surface area contributed by atoms with Gasteiger partial charge in [-0.05, 0) is 36.2 Å². The van der Waals surface area contributed by atoms with Gasteiger partial charge in [0.25, 0.3) is 0 Å². The maximum Gasteiger partial charge on any atom is 0.188 e. The lowest BCUT2D eigenvalue weighted by Crippen LogP contribution is -2.33. The molecular formula is C19H28IN5O2. The summed E-state index contributed by atoms with van der Waals surface area (Å²) < 4.78 is 10.6. The first-order chi connectivity index (χ1) is 12.5. The van der Waals surface area contributed by atoms with E-state index >= 15 is 0 Å². The van der Waals surface area contributed by atoms with Crippen molar-refractivity contribution in [2.75, 3.05) is 39.8 Å². The largest absolute Gasteiger partial charge is 0.493 e. The molecule has 1 heterocycles. The second-order valence-electron chi connectivity index (χ2n) is 5.95. The van der Waals surface area contributed by atoms with Gasteiger partial charge in [0.1, 0.15) is 5.82 Å². The molecule has 148 valence electrons. The number of anilines is 1. The summed E-state index contributed by atoms with van der Waals surface area (Å²) in [5.41, 5.74) is 7.95. The van der Waals surface area contributed by atoms with Gasteiger partial charge in [-0.15, -0.1) is 24.0 Å². The first kappa shape index (κ1) is 22.8. The summed E-state index contributed by atoms with van der Waals surface area (Å²) in [5, 5.41) is 3.12. The Hall–Kier alpha value is -2.23. The third kappa shape index (κ3) is 7.12. The van der Waals surface area contributed by atoms with Crippen molar-refractivity contribution in [1.29, 1.82) is 0 Å². The quantitative estimate of drug-likeness (QED) is 0.340. The van der Waals surface area contributed by atoms with E-state index in [-0.39, 0.29) is 24.0 Å². The van der Waals surface area contributed by atoms with Crippen molar-refractivity contribution in [1.82, 2.24) is 10.3 Å². The molecule has 0 saturated carbocycles. The molecule has 2 aromatic rings. The smallest absolute Gasteiger partial charge is 0.188 e. The first-order valence-electron chi connectivity index (χ1n) is 8.41. The third-order valence-corrected chi connectivity index (χ3v) is 3.83. The van der Waals surface area contributed by atoms with Crippen LogP contribution in [0.4, 0.5) is 5.82 Å². The van der Waals surface area contributed by atoms with Crippen LogP contribution in [0.5, 0.6) is 11.5 Å². The molecular weight excluding hydrogens is 457 g/mol. The molecule has 0 aliphatic heterocycles. The van der Waals surface area contributed by atoms with E-state index in [0.29, 0.717) is 19.0 Å². The summed E-state index contributed by atoms with van der Waals surface area (Å²) in [6.45, 7) is 1.12. The monoisotopic (exact) mass is 485 g/mol. The van der Waals surface area contributed by atoms with Gasteiger partial charge in [0.15, 0.2) is 17.5 Å². The van der Waals surface area contributed by atoms with Crippen LogP contribution in [0, 0.1) is 0 Å². The number of hydrogen-bond donors (Lipinski definition) is 2. The SMILES string of the molecule is COc1ccc(CCNC(N)=NCc2cccc(N(C)C)n2)cc1OC.I. The summed E-state index contributed by atoms with van der Waals surface area (Å²) in [6.07, 6.45) is 0.797. The fourth-order valence-electron chi connectivity index (χ4n) is 2.40. The number of guanidine groups is 1. The molecule has 0 atom stereocenters. The minimum Gasteiger partial charge on any atom is -0.493 e. The number of methoxy groups -OCH3 is 2. The molecule has 0 saturated heterocycles. The van der Waals surface area contributed by atoms with Crippen LogP contribution in [0.15, 0.2) is 41.4 Å². The maximum absolute atomic E-state index is 5.94. The van der Waals surface area contributed by atoms with Gasteiger partial charge in [0.05, 0.1) is 26.5 Å². The van der Waals surface area contributed by atoms with E-state index in [1.165, 1.54) is 0 Å². The fraction of sp³-hybridized carbons (Fsp3) is 0.368. The highest BCUT2D eigenvalue weighted by atomic mass is 127. The highest BCUT2D eigenvalue weighted by Gasteiger charge is 2.04. The van der Waals surface area contributed by atoms with E-state index in [4.69, 9.17) is 15.2 Å². The average molecular weight is 485 g/mol. The lowest BCUT2D eigenvalue weighted by atomic mass is 10.1. The summed E-state index contributed by atoms with van der Waals surface area (Å²) in [5.74, 6) is 2.75. The van der Waals surface area contributed by atoms with Crippen molar-refractivity contribution < 1.29 is 9.47 Å². The highest BCUT2D eigenvalue weighted by molar-refractivity contribution is 14.0. The van der Waals surface area contributed by atoms with Crippen molar-refractivity contribution >= 4 is 35.8 Å². The molecule has 8 heteroatoms. The number of benzene rings is 1. The zero-order valence-corrected chi connectivity index (χ0v) is 18.6. The molecule has 0 radical (unpaired) electrons. The van der Waals surface area contributed by atoms with Crippen LogP contribution in [0.25, 0.3) is 0 Å². The number of aromatic nitrogens is 1. The Balaban J connectivity index is 0.00000364. The lowest BCUT2D eigenvalue weighted by Gasteiger charge is -2.12. The number of ether oxygens (including phenoxy) is 2. The minimum absolute atomic E-state index is 0. The molecule has 0 amide bonds. The Labute approximate surface area is 178 Å². The Morgan fingerprint density at radius 1 is 1.15 bits per heavy atom. The fourth-order valence-corrected chi connectivity index (χ4v) is 2.40. The van der Waals surface area contributed by atoms with Crippen LogP contribution in [-0.4, -0.2) is 45.8 Å². The van der Waals surface area contributed by atoms with Gasteiger partial charge in [-0.25, -0.2) is 9.98 Å². The van der Waals surface area contributed by atoms with Gasteiger partial charge >= 0.3 is 0 Å². The standard InChI is InChI=1S/C19H27N5O2.HI/c1-24(2)18-7-5-6-15(23-18)13-22-19(20)21-11-10-14-8-9-16(25-3)17(12-14)26-4;/h5-9,12H,10-11,13H2,1-4H3,(H3,20,21,22);1H. The number of nitrogens with two attached hydrogens (primary N) is 1. The molecule has 0 spiro atoms. The van der Waals surface area contributed by atoms with Crippen molar-refractivity contribution in [3.63, 3.8) is 0 Å². The third-order valence-electron chi connectivity index (χ3n) is 3.83. The minimum atomic E-state index is 0. The number of nitrogens with one attached hydrogen (secondary N) is 1. The van der Waals surface area contributed by atoms with E-state index in [0.717, 1.165) is 35.0 Å². The van der Waals surface area contributed by atoms with Crippen molar-refractivity contribution in [3.05, 3.63) is 47.7 Å². The molecule has 3 N–H and O–H groups in total. The van der Waals surface area contributed by atoms with Crippen LogP contribution in [0.1, 0.15) is 11.3 Å². The molecule has 27 heavy (non-hydrogen) atoms. The van der Waals surface area contributed by atoms with Gasteiger partial charge in [-0.2, -0.15) is 0 Å². The molecule has 1 aromatic carbocycles. The Kier molecular flexibility index (Phi) is 9.70. The number of rotatable bonds is 8. The van der Waals surface area contributed by atoms with Crippen LogP contribution in [0.3, 0.4) is 0 Å². The van der Waals surface area contributed by atoms with Crippen LogP contribution >= 0.6 is 24.0 Å². The predicted octanol–water partition coefficient (Wildman–Crippen LogP) is 2.43. The molecule has 0 aliphatic carbocycles. The van der Waals surface area contributed by atoms with E-state index in [9.17, 15) is 0 Å². The van der Waals surface area contributed by atoms with E-state index in [1.54, 1.807) is 14.2 Å². The van der Waals surface area contributed by atoms with Gasteiger partial charge in [-0.3, -0.25) is 0 Å². The van der Waals surface area contributed by atoms with E-state index in [1.807, 2.05) is 55.4 Å². The topological polar surface area (TPSA) is 85.0 Å². The summed E-state index contributed by atoms with van der Waals surface area (Å²) in [6, 6.07) is 11.7. The van der Waals surface area contributed by atoms with E-state index in [2.05, 4.69) is 15.3 Å². The molecule has 7 nitrogen and oxygen atoms in total. The first-order valence-corrected chi connectivity index (χ1v) is 8.41. The number of hydrogen-bond acceptors (Lipinski definition) is 5. The van der Waals surface area contributed by atoms with Gasteiger partial charge in [0, 0.05) is 20.6 Å². The summed E-state index contributed by atoms with van der Waals surface area (Å²) in [4.78, 5) is 10.8. The molecule has 2 rings (SSSR count). The van der Waals surface area contributed by atoms with Gasteiger partial charge in [0.2, 0.25) is 0 Å². The van der Waals surface area contributed by atoms with Crippen molar-refractivity contribution in [2.24, 2.45) is 10.7 Å². The number of pyridine rings is 1. The maximum atomic E-state index is 5.94. The summed E-state index contributed by atoms with van der Waals surface area (Å²) in [7, 11) is 7.17. The summed E-state index contributed by atoms with van der Waals surface area (Å²) >= 11 is 0. The zero-order chi connectivity index (χ0) is 18.9. The molecule has 1 aromatic heterocycles. The number of halogens is 1. The Morgan fingerprint density at radius 3 is 2.56 bits per heavy atom. The molecule has 0 aliphatic rings. The van der Waals surface area contributed by atoms with Crippen molar-refractivity contribution in [3.8, 4) is 11.5 Å². The molecule has 0 fully saturated rings. The van der Waals surface area contributed by atoms with E-state index < -0.39 is 0 Å². The normalized spacial score (nSPS) is 10.7. The Bertz CT molecular complexity index is 753. The van der Waals surface area contributed by atoms with Gasteiger partial charge in [-0.1, -0.05) is 12.1 Å². The molecule has 0 unspecified atom stereocenters. The van der Waals surface area contributed by atoms with Crippen LogP contribution < -0.4 is 25.4 Å². The van der Waals surface area contributed by atoms with Crippen LogP contribution in [0.2, 0.25) is 0 Å². The van der Waals surface area contributed by atoms with Crippen LogP contribution in [-0.2, 0) is 13.0 Å². The van der Waals surface area contributed by atoms with Crippen molar-refractivity contribution in [2.45, 2.75) is 13.0 Å². The average Bonchev–Trinajstić information content (AvgIpc) is 2.66. The zero-order valence-electron chi connectivity index (χ0n) is 16.2. The second-order valence-corrected chi connectivity index (χ2v) is 5.95. The molecule has 0 bridgehead atoms. The predicted molar refractivity (Wildman–Crippen MR) is 121 cm³/mol. The number of aliphatic imine (C=N–C) groups is 1.